The molecule has 6 heteroatoms. The molecule has 0 amide bonds. The fourth-order valence-corrected chi connectivity index (χ4v) is 2.97. The number of hydrogen-bond acceptors (Lipinski definition) is 5. The molecule has 1 aliphatic heterocycles. The Morgan fingerprint density at radius 3 is 3.05 bits per heavy atom. The minimum atomic E-state index is 0.537. The zero-order chi connectivity index (χ0) is 13.4. The number of aromatic nitrogens is 4. The van der Waals surface area contributed by atoms with Gasteiger partial charge < -0.3 is 4.52 Å². The van der Waals surface area contributed by atoms with Crippen LogP contribution in [-0.2, 0) is 6.54 Å². The molecule has 3 heterocycles. The number of hydrogen-bond donors (Lipinski definition) is 1. The van der Waals surface area contributed by atoms with E-state index < -0.39 is 0 Å². The number of rotatable bonds is 4. The lowest BCUT2D eigenvalue weighted by atomic mass is 9.95. The molecule has 2 aromatic rings. The minimum Gasteiger partial charge on any atom is -0.339 e. The smallest absolute Gasteiger partial charge is 0.229 e. The highest BCUT2D eigenvalue weighted by molar-refractivity contribution is 5.08. The van der Waals surface area contributed by atoms with Crippen molar-refractivity contribution >= 4 is 0 Å². The average molecular weight is 273 g/mol. The van der Waals surface area contributed by atoms with Gasteiger partial charge in [0.15, 0.2) is 5.82 Å². The highest BCUT2D eigenvalue weighted by Gasteiger charge is 2.30. The molecular formula is C14H19N5O. The first-order valence-electron chi connectivity index (χ1n) is 7.42. The fraction of sp³-hybridized carbons (Fsp3) is 0.643. The molecule has 1 saturated carbocycles. The molecule has 1 unspecified atom stereocenters. The molecule has 1 aliphatic carbocycles. The maximum atomic E-state index is 5.33. The Hall–Kier alpha value is -1.69. The van der Waals surface area contributed by atoms with Gasteiger partial charge in [-0.05, 0) is 38.3 Å². The summed E-state index contributed by atoms with van der Waals surface area (Å²) < 4.78 is 5.33. The molecule has 0 bridgehead atoms. The van der Waals surface area contributed by atoms with Crippen molar-refractivity contribution in [3.8, 4) is 0 Å². The third-order valence-electron chi connectivity index (χ3n) is 4.24. The highest BCUT2D eigenvalue weighted by atomic mass is 16.5. The Labute approximate surface area is 117 Å². The monoisotopic (exact) mass is 273 g/mol. The second-order valence-electron chi connectivity index (χ2n) is 5.91. The van der Waals surface area contributed by atoms with Gasteiger partial charge in [0, 0.05) is 30.3 Å². The summed E-state index contributed by atoms with van der Waals surface area (Å²) >= 11 is 0. The van der Waals surface area contributed by atoms with Gasteiger partial charge in [-0.1, -0.05) is 5.16 Å². The van der Waals surface area contributed by atoms with Crippen LogP contribution in [0.4, 0.5) is 0 Å². The second-order valence-corrected chi connectivity index (χ2v) is 5.91. The van der Waals surface area contributed by atoms with Crippen LogP contribution in [0, 0.1) is 0 Å². The van der Waals surface area contributed by atoms with Crippen LogP contribution in [-0.4, -0.2) is 38.3 Å². The Morgan fingerprint density at radius 1 is 1.30 bits per heavy atom. The number of H-pyrrole nitrogens is 1. The van der Waals surface area contributed by atoms with E-state index in [1.807, 2.05) is 6.20 Å². The first kappa shape index (κ1) is 12.1. The summed E-state index contributed by atoms with van der Waals surface area (Å²) in [5, 5.41) is 11.3. The SMILES string of the molecule is c1cc(C2CCCN(Cc3noc(C4CC4)n3)C2)[nH]n1. The van der Waals surface area contributed by atoms with E-state index in [0.717, 1.165) is 31.3 Å². The summed E-state index contributed by atoms with van der Waals surface area (Å²) in [6.45, 7) is 2.94. The van der Waals surface area contributed by atoms with Crippen LogP contribution >= 0.6 is 0 Å². The van der Waals surface area contributed by atoms with E-state index >= 15 is 0 Å². The summed E-state index contributed by atoms with van der Waals surface area (Å²) in [4.78, 5) is 6.93. The van der Waals surface area contributed by atoms with Crippen LogP contribution in [0.2, 0.25) is 0 Å². The summed E-state index contributed by atoms with van der Waals surface area (Å²) in [5.41, 5.74) is 1.24. The standard InChI is InChI=1S/C14H19N5O/c1-2-11(12-5-6-15-17-12)8-19(7-1)9-13-16-14(20-18-13)10-3-4-10/h5-6,10-11H,1-4,7-9H2,(H,15,17). The van der Waals surface area contributed by atoms with Crippen LogP contribution < -0.4 is 0 Å². The summed E-state index contributed by atoms with van der Waals surface area (Å²) in [6.07, 6.45) is 6.66. The molecule has 106 valence electrons. The van der Waals surface area contributed by atoms with Gasteiger partial charge in [0.2, 0.25) is 5.89 Å². The normalized spacial score (nSPS) is 24.1. The van der Waals surface area contributed by atoms with Gasteiger partial charge in [0.1, 0.15) is 0 Å². The summed E-state index contributed by atoms with van der Waals surface area (Å²) in [7, 11) is 0. The van der Waals surface area contributed by atoms with E-state index in [4.69, 9.17) is 4.52 Å². The van der Waals surface area contributed by atoms with Gasteiger partial charge in [-0.3, -0.25) is 10.00 Å². The van der Waals surface area contributed by atoms with Gasteiger partial charge in [0.05, 0.1) is 6.54 Å². The number of aromatic amines is 1. The second kappa shape index (κ2) is 5.01. The lowest BCUT2D eigenvalue weighted by Gasteiger charge is -2.31. The molecule has 2 fully saturated rings. The van der Waals surface area contributed by atoms with Gasteiger partial charge in [0.25, 0.3) is 0 Å². The van der Waals surface area contributed by atoms with Crippen LogP contribution in [0.15, 0.2) is 16.8 Å². The van der Waals surface area contributed by atoms with Gasteiger partial charge in [-0.25, -0.2) is 0 Å². The molecule has 6 nitrogen and oxygen atoms in total. The zero-order valence-corrected chi connectivity index (χ0v) is 11.5. The van der Waals surface area contributed by atoms with Crippen molar-refractivity contribution in [2.45, 2.75) is 44.1 Å². The van der Waals surface area contributed by atoms with Crippen molar-refractivity contribution in [3.05, 3.63) is 29.7 Å². The molecular weight excluding hydrogens is 254 g/mol. The van der Waals surface area contributed by atoms with E-state index in [0.29, 0.717) is 11.8 Å². The van der Waals surface area contributed by atoms with Crippen molar-refractivity contribution in [1.29, 1.82) is 0 Å². The first-order valence-corrected chi connectivity index (χ1v) is 7.42. The van der Waals surface area contributed by atoms with Crippen molar-refractivity contribution in [2.24, 2.45) is 0 Å². The van der Waals surface area contributed by atoms with Gasteiger partial charge in [-0.2, -0.15) is 10.1 Å². The van der Waals surface area contributed by atoms with Crippen LogP contribution in [0.3, 0.4) is 0 Å². The molecule has 1 saturated heterocycles. The van der Waals surface area contributed by atoms with Crippen molar-refractivity contribution in [2.75, 3.05) is 13.1 Å². The zero-order valence-electron chi connectivity index (χ0n) is 11.5. The summed E-state index contributed by atoms with van der Waals surface area (Å²) in [6, 6.07) is 2.08. The number of likely N-dealkylation sites (tertiary alicyclic amines) is 1. The highest BCUT2D eigenvalue weighted by Crippen LogP contribution is 2.38. The number of nitrogens with one attached hydrogen (secondary N) is 1. The lowest BCUT2D eigenvalue weighted by molar-refractivity contribution is 0.192. The first-order chi connectivity index (χ1) is 9.88. The van der Waals surface area contributed by atoms with E-state index in [1.54, 1.807) is 0 Å². The maximum absolute atomic E-state index is 5.33. The van der Waals surface area contributed by atoms with Crippen LogP contribution in [0.5, 0.6) is 0 Å². The Balaban J connectivity index is 1.40. The Morgan fingerprint density at radius 2 is 2.25 bits per heavy atom. The molecule has 0 aromatic carbocycles. The van der Waals surface area contributed by atoms with Crippen molar-refractivity contribution in [1.82, 2.24) is 25.2 Å². The van der Waals surface area contributed by atoms with Gasteiger partial charge >= 0.3 is 0 Å². The van der Waals surface area contributed by atoms with E-state index in [9.17, 15) is 0 Å². The molecule has 2 aliphatic rings. The van der Waals surface area contributed by atoms with Crippen molar-refractivity contribution in [3.63, 3.8) is 0 Å². The van der Waals surface area contributed by atoms with E-state index in [2.05, 4.69) is 31.3 Å². The number of nitrogens with zero attached hydrogens (tertiary/aromatic N) is 4. The van der Waals surface area contributed by atoms with E-state index in [-0.39, 0.29) is 0 Å². The molecule has 0 radical (unpaired) electrons. The maximum Gasteiger partial charge on any atom is 0.229 e. The van der Waals surface area contributed by atoms with Crippen LogP contribution in [0.1, 0.15) is 54.9 Å². The third-order valence-corrected chi connectivity index (χ3v) is 4.24. The molecule has 0 spiro atoms. The molecule has 4 rings (SSSR count). The third kappa shape index (κ3) is 2.47. The predicted molar refractivity (Wildman–Crippen MR) is 72.1 cm³/mol. The molecule has 20 heavy (non-hydrogen) atoms. The topological polar surface area (TPSA) is 70.8 Å². The van der Waals surface area contributed by atoms with Gasteiger partial charge in [-0.15, -0.1) is 0 Å². The molecule has 1 atom stereocenters. The van der Waals surface area contributed by atoms with Crippen LogP contribution in [0.25, 0.3) is 0 Å². The molecule has 2 aromatic heterocycles. The quantitative estimate of drug-likeness (QED) is 0.923. The number of piperidine rings is 1. The Kier molecular flexibility index (Phi) is 3.03. The molecule has 1 N–H and O–H groups in total. The average Bonchev–Trinajstić information content (AvgIpc) is 3.00. The van der Waals surface area contributed by atoms with Crippen molar-refractivity contribution < 1.29 is 4.52 Å². The minimum absolute atomic E-state index is 0.537. The largest absolute Gasteiger partial charge is 0.339 e. The fourth-order valence-electron chi connectivity index (χ4n) is 2.97. The van der Waals surface area contributed by atoms with E-state index in [1.165, 1.54) is 31.4 Å². The Bertz CT molecular complexity index is 560. The lowest BCUT2D eigenvalue weighted by Crippen LogP contribution is -2.34. The predicted octanol–water partition coefficient (Wildman–Crippen LogP) is 2.05. The summed E-state index contributed by atoms with van der Waals surface area (Å²) in [5.74, 6) is 2.75.